The zero-order valence-electron chi connectivity index (χ0n) is 19.8. The van der Waals surface area contributed by atoms with Crippen LogP contribution in [0.25, 0.3) is 0 Å². The molecule has 17 heteroatoms. The van der Waals surface area contributed by atoms with Crippen molar-refractivity contribution in [2.24, 2.45) is 0 Å². The van der Waals surface area contributed by atoms with Gasteiger partial charge in [0.1, 0.15) is 48.6 Å². The van der Waals surface area contributed by atoms with Crippen LogP contribution in [0.5, 0.6) is 0 Å². The van der Waals surface area contributed by atoms with Gasteiger partial charge in [0.25, 0.3) is 0 Å². The first kappa shape index (κ1) is 36.2. The van der Waals surface area contributed by atoms with Crippen molar-refractivity contribution in [2.75, 3.05) is 19.8 Å². The standard InChI is InChI=1S/C19H30O15.2Na/c1-2-3-31-18(16(27)28)5-11(13(26)15(33-18)10(24)7-21)32-19(17(29)30)4-8(22)12(25)14(34-19)9(23)6-20;;/h2,8-15,20-26H,1,3-7H2,(H,27,28)(H,29,30);;/q;2*+1/p-2/t8-,9-,10-,11-,12-,13-,14-,15-,18?,19-;;/m1../s1. The summed E-state index contributed by atoms with van der Waals surface area (Å²) in [6, 6.07) is 0. The number of aliphatic hydroxyl groups is 7. The minimum absolute atomic E-state index is 0. The van der Waals surface area contributed by atoms with Gasteiger partial charge in [-0.3, -0.25) is 0 Å². The minimum Gasteiger partial charge on any atom is -0.544 e. The third-order valence-corrected chi connectivity index (χ3v) is 5.58. The van der Waals surface area contributed by atoms with Crippen molar-refractivity contribution in [1.29, 1.82) is 0 Å². The fraction of sp³-hybridized carbons (Fsp3) is 0.789. The fourth-order valence-electron chi connectivity index (χ4n) is 3.80. The number of carboxylic acid groups (broad SMARTS) is 2. The number of rotatable bonds is 11. The summed E-state index contributed by atoms with van der Waals surface area (Å²) in [5.41, 5.74) is 0. The van der Waals surface area contributed by atoms with Gasteiger partial charge >= 0.3 is 59.1 Å². The van der Waals surface area contributed by atoms with Gasteiger partial charge in [-0.05, 0) is 0 Å². The van der Waals surface area contributed by atoms with Crippen LogP contribution in [0.4, 0.5) is 0 Å². The second-order valence-corrected chi connectivity index (χ2v) is 7.96. The van der Waals surface area contributed by atoms with E-state index in [0.717, 1.165) is 6.08 Å². The summed E-state index contributed by atoms with van der Waals surface area (Å²) in [6.45, 7) is 0.891. The molecule has 0 spiro atoms. The molecule has 7 N–H and O–H groups in total. The van der Waals surface area contributed by atoms with Gasteiger partial charge in [-0.15, -0.1) is 6.58 Å². The molecule has 2 aliphatic heterocycles. The van der Waals surface area contributed by atoms with Crippen molar-refractivity contribution in [3.63, 3.8) is 0 Å². The number of ether oxygens (including phenoxy) is 4. The van der Waals surface area contributed by atoms with Crippen LogP contribution in [0.2, 0.25) is 0 Å². The topological polar surface area (TPSA) is 259 Å². The van der Waals surface area contributed by atoms with Crippen molar-refractivity contribution in [3.05, 3.63) is 12.7 Å². The first-order valence-electron chi connectivity index (χ1n) is 10.2. The summed E-state index contributed by atoms with van der Waals surface area (Å²) in [4.78, 5) is 23.9. The van der Waals surface area contributed by atoms with Crippen molar-refractivity contribution >= 4 is 11.9 Å². The Bertz CT molecular complexity index is 744. The second kappa shape index (κ2) is 15.1. The molecule has 2 saturated heterocycles. The molecule has 2 fully saturated rings. The molecule has 0 aromatic heterocycles. The Morgan fingerprint density at radius 3 is 1.86 bits per heavy atom. The minimum atomic E-state index is -2.98. The molecule has 0 aromatic carbocycles. The Morgan fingerprint density at radius 2 is 1.42 bits per heavy atom. The Kier molecular flexibility index (Phi) is 15.2. The van der Waals surface area contributed by atoms with Crippen LogP contribution < -0.4 is 69.3 Å². The van der Waals surface area contributed by atoms with E-state index in [4.69, 9.17) is 24.1 Å². The molecule has 0 amide bonds. The number of aliphatic carboxylic acids is 2. The molecule has 0 aromatic rings. The average Bonchev–Trinajstić information content (AvgIpc) is 2.80. The maximum atomic E-state index is 12.0. The number of aliphatic hydroxyl groups excluding tert-OH is 7. The summed E-state index contributed by atoms with van der Waals surface area (Å²) in [5, 5.41) is 93.2. The smallest absolute Gasteiger partial charge is 0.544 e. The molecule has 0 saturated carbocycles. The molecule has 10 atom stereocenters. The normalized spacial score (nSPS) is 38.1. The predicted molar refractivity (Wildman–Crippen MR) is 99.7 cm³/mol. The van der Waals surface area contributed by atoms with E-state index in [9.17, 15) is 50.4 Å². The number of carboxylic acids is 2. The number of hydrogen-bond acceptors (Lipinski definition) is 15. The van der Waals surface area contributed by atoms with Gasteiger partial charge in [-0.25, -0.2) is 0 Å². The van der Waals surface area contributed by atoms with Crippen LogP contribution in [0, 0.1) is 0 Å². The molecule has 0 bridgehead atoms. The first-order valence-corrected chi connectivity index (χ1v) is 10.2. The van der Waals surface area contributed by atoms with Gasteiger partial charge in [-0.1, -0.05) is 6.08 Å². The Hall–Kier alpha value is 0.240. The van der Waals surface area contributed by atoms with Crippen molar-refractivity contribution in [3.8, 4) is 0 Å². The third-order valence-electron chi connectivity index (χ3n) is 5.58. The molecule has 15 nitrogen and oxygen atoms in total. The molecule has 36 heavy (non-hydrogen) atoms. The molecule has 2 heterocycles. The SMILES string of the molecule is C=CCOC1(C(=O)[O-])C[C@@H](O[C@]2(C(=O)[O-])C[C@@H](O)[C@@H](O)[C@@H]([C@H](O)CO)O2)[C@@H](O)[C@@H]([C@H](O)CO)O1.[Na+].[Na+]. The van der Waals surface area contributed by atoms with E-state index in [2.05, 4.69) is 6.58 Å². The van der Waals surface area contributed by atoms with Crippen LogP contribution in [-0.4, -0.2) is 128 Å². The van der Waals surface area contributed by atoms with Crippen LogP contribution in [0.15, 0.2) is 12.7 Å². The van der Waals surface area contributed by atoms with Gasteiger partial charge in [0, 0.05) is 12.8 Å². The Morgan fingerprint density at radius 1 is 0.944 bits per heavy atom. The van der Waals surface area contributed by atoms with Crippen LogP contribution in [-0.2, 0) is 28.5 Å². The summed E-state index contributed by atoms with van der Waals surface area (Å²) in [6.07, 6.45) is -16.0. The van der Waals surface area contributed by atoms with Gasteiger partial charge < -0.3 is 74.5 Å². The Labute approximate surface area is 249 Å². The van der Waals surface area contributed by atoms with E-state index in [0.29, 0.717) is 0 Å². The van der Waals surface area contributed by atoms with Gasteiger partial charge in [0.2, 0.25) is 11.6 Å². The fourth-order valence-corrected chi connectivity index (χ4v) is 3.80. The summed E-state index contributed by atoms with van der Waals surface area (Å²) < 4.78 is 20.9. The number of carbonyl (C=O) groups excluding carboxylic acids is 2. The third kappa shape index (κ3) is 7.67. The van der Waals surface area contributed by atoms with Crippen LogP contribution in [0.1, 0.15) is 12.8 Å². The molecule has 2 rings (SSSR count). The van der Waals surface area contributed by atoms with Gasteiger partial charge in [0.05, 0.1) is 32.0 Å². The molecule has 1 unspecified atom stereocenters. The maximum Gasteiger partial charge on any atom is 1.00 e. The summed E-state index contributed by atoms with van der Waals surface area (Å²) in [5.74, 6) is -9.84. The molecular weight excluding hydrogens is 514 g/mol. The van der Waals surface area contributed by atoms with Gasteiger partial charge in [0.15, 0.2) is 0 Å². The summed E-state index contributed by atoms with van der Waals surface area (Å²) in [7, 11) is 0. The summed E-state index contributed by atoms with van der Waals surface area (Å²) >= 11 is 0. The second-order valence-electron chi connectivity index (χ2n) is 7.96. The van der Waals surface area contributed by atoms with Crippen molar-refractivity contribution in [2.45, 2.75) is 73.2 Å². The van der Waals surface area contributed by atoms with Crippen LogP contribution >= 0.6 is 0 Å². The largest absolute Gasteiger partial charge is 1.00 e. The van der Waals surface area contributed by atoms with E-state index >= 15 is 0 Å². The van der Waals surface area contributed by atoms with Crippen LogP contribution in [0.3, 0.4) is 0 Å². The monoisotopic (exact) mass is 542 g/mol. The van der Waals surface area contributed by atoms with E-state index < -0.39 is 105 Å². The maximum absolute atomic E-state index is 12.0. The van der Waals surface area contributed by atoms with E-state index in [1.807, 2.05) is 0 Å². The molecule has 0 radical (unpaired) electrons. The molecular formula is C19H28Na2O15. The van der Waals surface area contributed by atoms with E-state index in [1.165, 1.54) is 0 Å². The predicted octanol–water partition coefficient (Wildman–Crippen LogP) is -13.2. The van der Waals surface area contributed by atoms with Crippen molar-refractivity contribution in [1.82, 2.24) is 0 Å². The number of hydrogen-bond donors (Lipinski definition) is 7. The number of carbonyl (C=O) groups is 2. The molecule has 2 aliphatic rings. The van der Waals surface area contributed by atoms with E-state index in [1.54, 1.807) is 0 Å². The quantitative estimate of drug-likeness (QED) is 0.0944. The Balaban J connectivity index is 0.00000612. The molecule has 196 valence electrons. The molecule has 0 aliphatic carbocycles. The first-order chi connectivity index (χ1) is 15.9. The zero-order chi connectivity index (χ0) is 25.8. The van der Waals surface area contributed by atoms with E-state index in [-0.39, 0.29) is 59.1 Å². The average molecular weight is 542 g/mol. The van der Waals surface area contributed by atoms with Gasteiger partial charge in [-0.2, -0.15) is 0 Å². The zero-order valence-corrected chi connectivity index (χ0v) is 23.8. The van der Waals surface area contributed by atoms with Crippen molar-refractivity contribution < 1.29 is 134 Å².